The molecule has 0 radical (unpaired) electrons. The standard InChI is InChI=1S/C22H25FN2O2/c23-19-9-3-17(4-10-19)7-13-21(26)24-20-11-5-18(6-12-20)8-14-22(27)25-15-1-2-16-25/h3-6,9-12H,1-2,7-8,13-16H2,(H,24,26). The van der Waals surface area contributed by atoms with Crippen LogP contribution in [0.3, 0.4) is 0 Å². The molecule has 1 N–H and O–H groups in total. The second-order valence-electron chi connectivity index (χ2n) is 6.96. The Kier molecular flexibility index (Phi) is 6.58. The molecular formula is C22H25FN2O2. The second kappa shape index (κ2) is 9.31. The van der Waals surface area contributed by atoms with Gasteiger partial charge in [-0.15, -0.1) is 0 Å². The summed E-state index contributed by atoms with van der Waals surface area (Å²) in [5.41, 5.74) is 2.77. The lowest BCUT2D eigenvalue weighted by Gasteiger charge is -2.15. The van der Waals surface area contributed by atoms with E-state index in [0.717, 1.165) is 42.7 Å². The van der Waals surface area contributed by atoms with Crippen molar-refractivity contribution in [2.45, 2.75) is 38.5 Å². The number of nitrogens with one attached hydrogen (secondary N) is 1. The third kappa shape index (κ3) is 5.91. The Bertz CT molecular complexity index is 766. The van der Waals surface area contributed by atoms with Crippen LogP contribution in [-0.4, -0.2) is 29.8 Å². The van der Waals surface area contributed by atoms with E-state index in [1.54, 1.807) is 12.1 Å². The van der Waals surface area contributed by atoms with Crippen molar-refractivity contribution >= 4 is 17.5 Å². The van der Waals surface area contributed by atoms with Crippen molar-refractivity contribution < 1.29 is 14.0 Å². The Balaban J connectivity index is 1.42. The number of hydrogen-bond acceptors (Lipinski definition) is 2. The van der Waals surface area contributed by atoms with Crippen LogP contribution >= 0.6 is 0 Å². The van der Waals surface area contributed by atoms with Crippen molar-refractivity contribution in [3.8, 4) is 0 Å². The van der Waals surface area contributed by atoms with Crippen LogP contribution in [0.4, 0.5) is 10.1 Å². The van der Waals surface area contributed by atoms with Gasteiger partial charge in [-0.3, -0.25) is 9.59 Å². The first-order valence-electron chi connectivity index (χ1n) is 9.51. The zero-order valence-corrected chi connectivity index (χ0v) is 15.4. The first kappa shape index (κ1) is 19.1. The molecule has 1 heterocycles. The molecule has 2 aromatic rings. The van der Waals surface area contributed by atoms with Crippen LogP contribution in [0.2, 0.25) is 0 Å². The molecule has 0 spiro atoms. The summed E-state index contributed by atoms with van der Waals surface area (Å²) in [6.45, 7) is 1.78. The van der Waals surface area contributed by atoms with E-state index >= 15 is 0 Å². The van der Waals surface area contributed by atoms with E-state index in [1.165, 1.54) is 12.1 Å². The van der Waals surface area contributed by atoms with Crippen molar-refractivity contribution in [3.63, 3.8) is 0 Å². The van der Waals surface area contributed by atoms with Crippen LogP contribution in [0.1, 0.15) is 36.8 Å². The smallest absolute Gasteiger partial charge is 0.224 e. The second-order valence-corrected chi connectivity index (χ2v) is 6.96. The lowest BCUT2D eigenvalue weighted by Crippen LogP contribution is -2.27. The van der Waals surface area contributed by atoms with Crippen LogP contribution < -0.4 is 5.32 Å². The number of benzene rings is 2. The van der Waals surface area contributed by atoms with Gasteiger partial charge in [0.25, 0.3) is 0 Å². The Morgan fingerprint density at radius 1 is 0.852 bits per heavy atom. The molecule has 5 heteroatoms. The first-order chi connectivity index (χ1) is 13.1. The molecule has 0 unspecified atom stereocenters. The summed E-state index contributed by atoms with van der Waals surface area (Å²) in [4.78, 5) is 26.1. The molecule has 2 amide bonds. The van der Waals surface area contributed by atoms with E-state index in [0.29, 0.717) is 25.7 Å². The molecule has 142 valence electrons. The Labute approximate surface area is 159 Å². The van der Waals surface area contributed by atoms with Gasteiger partial charge in [0.2, 0.25) is 11.8 Å². The van der Waals surface area contributed by atoms with Gasteiger partial charge in [0.1, 0.15) is 5.82 Å². The van der Waals surface area contributed by atoms with Crippen molar-refractivity contribution in [1.82, 2.24) is 4.90 Å². The summed E-state index contributed by atoms with van der Waals surface area (Å²) in [6, 6.07) is 13.8. The van der Waals surface area contributed by atoms with Crippen LogP contribution in [0.15, 0.2) is 48.5 Å². The number of carbonyl (C=O) groups is 2. The van der Waals surface area contributed by atoms with Gasteiger partial charge in [0.05, 0.1) is 0 Å². The summed E-state index contributed by atoms with van der Waals surface area (Å²) >= 11 is 0. The highest BCUT2D eigenvalue weighted by Gasteiger charge is 2.17. The van der Waals surface area contributed by atoms with Crippen LogP contribution in [0, 0.1) is 5.82 Å². The third-order valence-electron chi connectivity index (χ3n) is 4.88. The average Bonchev–Trinajstić information content (AvgIpc) is 3.22. The molecule has 1 saturated heterocycles. The maximum absolute atomic E-state index is 12.9. The van der Waals surface area contributed by atoms with Gasteiger partial charge in [-0.2, -0.15) is 0 Å². The summed E-state index contributed by atoms with van der Waals surface area (Å²) < 4.78 is 12.9. The van der Waals surface area contributed by atoms with Gasteiger partial charge in [-0.25, -0.2) is 4.39 Å². The maximum atomic E-state index is 12.9. The molecule has 0 aromatic heterocycles. The molecule has 1 aliphatic rings. The molecule has 27 heavy (non-hydrogen) atoms. The predicted octanol–water partition coefficient (Wildman–Crippen LogP) is 3.95. The molecule has 0 saturated carbocycles. The van der Waals surface area contributed by atoms with E-state index in [1.807, 2.05) is 29.2 Å². The average molecular weight is 368 g/mol. The van der Waals surface area contributed by atoms with E-state index in [9.17, 15) is 14.0 Å². The lowest BCUT2D eigenvalue weighted by molar-refractivity contribution is -0.130. The summed E-state index contributed by atoms with van der Waals surface area (Å²) in [5, 5.41) is 2.87. The van der Waals surface area contributed by atoms with E-state index in [2.05, 4.69) is 5.32 Å². The normalized spacial score (nSPS) is 13.6. The van der Waals surface area contributed by atoms with Crippen molar-refractivity contribution in [3.05, 3.63) is 65.5 Å². The quantitative estimate of drug-likeness (QED) is 0.804. The lowest BCUT2D eigenvalue weighted by atomic mass is 10.1. The summed E-state index contributed by atoms with van der Waals surface area (Å²) in [7, 11) is 0. The predicted molar refractivity (Wildman–Crippen MR) is 104 cm³/mol. The monoisotopic (exact) mass is 368 g/mol. The summed E-state index contributed by atoms with van der Waals surface area (Å²) in [5.74, 6) is -0.118. The fourth-order valence-electron chi connectivity index (χ4n) is 3.26. The number of carbonyl (C=O) groups excluding carboxylic acids is 2. The fraction of sp³-hybridized carbons (Fsp3) is 0.364. The Morgan fingerprint density at radius 2 is 1.41 bits per heavy atom. The minimum atomic E-state index is -0.273. The largest absolute Gasteiger partial charge is 0.343 e. The highest BCUT2D eigenvalue weighted by atomic mass is 19.1. The van der Waals surface area contributed by atoms with E-state index in [-0.39, 0.29) is 17.6 Å². The number of amides is 2. The maximum Gasteiger partial charge on any atom is 0.224 e. The summed E-state index contributed by atoms with van der Waals surface area (Å²) in [6.07, 6.45) is 4.39. The van der Waals surface area contributed by atoms with Crippen molar-refractivity contribution in [2.24, 2.45) is 0 Å². The molecule has 1 fully saturated rings. The molecule has 0 aliphatic carbocycles. The van der Waals surface area contributed by atoms with Crippen LogP contribution in [-0.2, 0) is 22.4 Å². The number of aryl methyl sites for hydroxylation is 2. The number of nitrogens with zero attached hydrogens (tertiary/aromatic N) is 1. The van der Waals surface area contributed by atoms with Crippen molar-refractivity contribution in [2.75, 3.05) is 18.4 Å². The molecule has 3 rings (SSSR count). The number of rotatable bonds is 7. The van der Waals surface area contributed by atoms with Gasteiger partial charge >= 0.3 is 0 Å². The zero-order chi connectivity index (χ0) is 19.1. The number of anilines is 1. The third-order valence-corrected chi connectivity index (χ3v) is 4.88. The Hall–Kier alpha value is -2.69. The number of hydrogen-bond donors (Lipinski definition) is 1. The Morgan fingerprint density at radius 3 is 2.04 bits per heavy atom. The zero-order valence-electron chi connectivity index (χ0n) is 15.4. The van der Waals surface area contributed by atoms with E-state index < -0.39 is 0 Å². The number of likely N-dealkylation sites (tertiary alicyclic amines) is 1. The van der Waals surface area contributed by atoms with Crippen LogP contribution in [0.5, 0.6) is 0 Å². The van der Waals surface area contributed by atoms with Crippen molar-refractivity contribution in [1.29, 1.82) is 0 Å². The molecule has 0 bridgehead atoms. The minimum Gasteiger partial charge on any atom is -0.343 e. The van der Waals surface area contributed by atoms with Gasteiger partial charge in [0, 0.05) is 31.6 Å². The molecule has 0 atom stereocenters. The van der Waals surface area contributed by atoms with Gasteiger partial charge in [-0.1, -0.05) is 24.3 Å². The number of halogens is 1. The molecule has 2 aromatic carbocycles. The van der Waals surface area contributed by atoms with Crippen LogP contribution in [0.25, 0.3) is 0 Å². The minimum absolute atomic E-state index is 0.0729. The highest BCUT2D eigenvalue weighted by Crippen LogP contribution is 2.14. The SMILES string of the molecule is O=C(CCc1ccc(F)cc1)Nc1ccc(CCC(=O)N2CCCC2)cc1. The topological polar surface area (TPSA) is 49.4 Å². The molecular weight excluding hydrogens is 343 g/mol. The molecule has 1 aliphatic heterocycles. The van der Waals surface area contributed by atoms with Gasteiger partial charge < -0.3 is 10.2 Å². The van der Waals surface area contributed by atoms with E-state index in [4.69, 9.17) is 0 Å². The van der Waals surface area contributed by atoms with Gasteiger partial charge in [-0.05, 0) is 61.1 Å². The molecule has 4 nitrogen and oxygen atoms in total. The first-order valence-corrected chi connectivity index (χ1v) is 9.51. The highest BCUT2D eigenvalue weighted by molar-refractivity contribution is 5.90. The van der Waals surface area contributed by atoms with Gasteiger partial charge in [0.15, 0.2) is 0 Å². The fourth-order valence-corrected chi connectivity index (χ4v) is 3.26.